The Hall–Kier alpha value is -2.69. The maximum atomic E-state index is 12.8. The molecule has 0 N–H and O–H groups in total. The average Bonchev–Trinajstić information content (AvgIpc) is 2.77. The molecule has 2 aromatic carbocycles. The molecule has 0 aliphatic heterocycles. The zero-order valence-electron chi connectivity index (χ0n) is 21.9. The van der Waals surface area contributed by atoms with Crippen LogP contribution in [0.25, 0.3) is 0 Å². The second-order valence-corrected chi connectivity index (χ2v) is 10.2. The summed E-state index contributed by atoms with van der Waals surface area (Å²) in [6.07, 6.45) is 1.43. The number of methoxy groups -OCH3 is 2. The molecular formula is C28H40O5. The Morgan fingerprint density at radius 1 is 0.727 bits per heavy atom. The van der Waals surface area contributed by atoms with Crippen LogP contribution in [0.3, 0.4) is 0 Å². The Bertz CT molecular complexity index is 965. The molecule has 0 spiro atoms. The summed E-state index contributed by atoms with van der Waals surface area (Å²) in [5.74, 6) is 2.12. The smallest absolute Gasteiger partial charge is 0.317 e. The molecule has 0 amide bonds. The van der Waals surface area contributed by atoms with E-state index in [1.807, 2.05) is 71.9 Å². The van der Waals surface area contributed by atoms with Gasteiger partial charge in [-0.25, -0.2) is 0 Å². The minimum absolute atomic E-state index is 0.239. The third-order valence-corrected chi connectivity index (χ3v) is 6.44. The van der Waals surface area contributed by atoms with Crippen LogP contribution in [0.2, 0.25) is 0 Å². The van der Waals surface area contributed by atoms with Crippen molar-refractivity contribution in [2.75, 3.05) is 14.2 Å². The number of rotatable bonds is 9. The maximum Gasteiger partial charge on any atom is 0.317 e. The lowest BCUT2D eigenvalue weighted by atomic mass is 9.78. The Morgan fingerprint density at radius 3 is 1.61 bits per heavy atom. The summed E-state index contributed by atoms with van der Waals surface area (Å²) in [6.45, 7) is 16.2. The SMILES string of the molecule is CCC(C)(CC)C(=O)Oc1ccc(C(C)(C)c2ccc(OC(C)(C)C)c(OC)c2)cc1OC. The monoisotopic (exact) mass is 456 g/mol. The second-order valence-electron chi connectivity index (χ2n) is 10.2. The molecule has 5 heteroatoms. The molecule has 2 rings (SSSR count). The van der Waals surface area contributed by atoms with Crippen molar-refractivity contribution in [1.82, 2.24) is 0 Å². The average molecular weight is 457 g/mol. The molecule has 0 aromatic heterocycles. The van der Waals surface area contributed by atoms with Gasteiger partial charge in [-0.3, -0.25) is 4.79 Å². The van der Waals surface area contributed by atoms with Gasteiger partial charge in [-0.2, -0.15) is 0 Å². The highest BCUT2D eigenvalue weighted by molar-refractivity contribution is 5.79. The summed E-state index contributed by atoms with van der Waals surface area (Å²) in [4.78, 5) is 12.8. The molecule has 0 unspecified atom stereocenters. The number of hydrogen-bond donors (Lipinski definition) is 0. The van der Waals surface area contributed by atoms with E-state index < -0.39 is 5.41 Å². The van der Waals surface area contributed by atoms with E-state index in [9.17, 15) is 4.79 Å². The molecule has 5 nitrogen and oxygen atoms in total. The summed E-state index contributed by atoms with van der Waals surface area (Å²) in [7, 11) is 3.23. The first-order valence-electron chi connectivity index (χ1n) is 11.6. The maximum absolute atomic E-state index is 12.8. The van der Waals surface area contributed by atoms with E-state index in [2.05, 4.69) is 19.9 Å². The van der Waals surface area contributed by atoms with Crippen molar-refractivity contribution in [3.8, 4) is 23.0 Å². The minimum atomic E-state index is -0.517. The zero-order valence-corrected chi connectivity index (χ0v) is 21.9. The number of ether oxygens (including phenoxy) is 4. The van der Waals surface area contributed by atoms with Gasteiger partial charge in [-0.05, 0) is 75.9 Å². The van der Waals surface area contributed by atoms with E-state index >= 15 is 0 Å². The van der Waals surface area contributed by atoms with E-state index in [0.29, 0.717) is 35.8 Å². The lowest BCUT2D eigenvalue weighted by molar-refractivity contribution is -0.145. The van der Waals surface area contributed by atoms with Gasteiger partial charge in [0, 0.05) is 5.41 Å². The summed E-state index contributed by atoms with van der Waals surface area (Å²) >= 11 is 0. The van der Waals surface area contributed by atoms with Crippen LogP contribution < -0.4 is 18.9 Å². The molecule has 0 heterocycles. The van der Waals surface area contributed by atoms with Crippen LogP contribution in [-0.2, 0) is 10.2 Å². The third kappa shape index (κ3) is 6.01. The quantitative estimate of drug-likeness (QED) is 0.302. The predicted molar refractivity (Wildman–Crippen MR) is 133 cm³/mol. The molecule has 0 aliphatic carbocycles. The van der Waals surface area contributed by atoms with E-state index in [0.717, 1.165) is 11.1 Å². The molecule has 0 saturated heterocycles. The van der Waals surface area contributed by atoms with Crippen molar-refractivity contribution in [3.63, 3.8) is 0 Å². The van der Waals surface area contributed by atoms with Crippen LogP contribution in [-0.4, -0.2) is 25.8 Å². The van der Waals surface area contributed by atoms with Gasteiger partial charge in [0.2, 0.25) is 0 Å². The first-order valence-corrected chi connectivity index (χ1v) is 11.6. The fraction of sp³-hybridized carbons (Fsp3) is 0.536. The summed E-state index contributed by atoms with van der Waals surface area (Å²) in [5, 5.41) is 0. The highest BCUT2D eigenvalue weighted by Crippen LogP contribution is 2.41. The van der Waals surface area contributed by atoms with E-state index in [4.69, 9.17) is 18.9 Å². The summed E-state index contributed by atoms with van der Waals surface area (Å²) < 4.78 is 23.0. The number of carbonyl (C=O) groups excluding carboxylic acids is 1. The molecule has 182 valence electrons. The number of carbonyl (C=O) groups is 1. The summed E-state index contributed by atoms with van der Waals surface area (Å²) in [5.41, 5.74) is 0.897. The van der Waals surface area contributed by atoms with Crippen molar-refractivity contribution in [3.05, 3.63) is 47.5 Å². The minimum Gasteiger partial charge on any atom is -0.493 e. The van der Waals surface area contributed by atoms with Crippen molar-refractivity contribution >= 4 is 5.97 Å². The Labute approximate surface area is 199 Å². The number of esters is 1. The molecule has 0 atom stereocenters. The largest absolute Gasteiger partial charge is 0.493 e. The third-order valence-electron chi connectivity index (χ3n) is 6.44. The van der Waals surface area contributed by atoms with Crippen molar-refractivity contribution in [1.29, 1.82) is 0 Å². The van der Waals surface area contributed by atoms with Crippen LogP contribution in [0, 0.1) is 5.41 Å². The molecular weight excluding hydrogens is 416 g/mol. The molecule has 33 heavy (non-hydrogen) atoms. The van der Waals surface area contributed by atoms with Crippen LogP contribution >= 0.6 is 0 Å². The topological polar surface area (TPSA) is 54.0 Å². The van der Waals surface area contributed by atoms with Gasteiger partial charge in [-0.1, -0.05) is 39.8 Å². The van der Waals surface area contributed by atoms with Crippen LogP contribution in [0.4, 0.5) is 0 Å². The summed E-state index contributed by atoms with van der Waals surface area (Å²) in [6, 6.07) is 11.7. The van der Waals surface area contributed by atoms with Gasteiger partial charge in [0.05, 0.1) is 19.6 Å². The van der Waals surface area contributed by atoms with Crippen LogP contribution in [0.15, 0.2) is 36.4 Å². The van der Waals surface area contributed by atoms with E-state index in [1.165, 1.54) is 0 Å². The lowest BCUT2D eigenvalue weighted by Gasteiger charge is -2.29. The molecule has 2 aromatic rings. The Kier molecular flexibility index (Phi) is 8.10. The van der Waals surface area contributed by atoms with Crippen molar-refractivity contribution < 1.29 is 23.7 Å². The van der Waals surface area contributed by atoms with Crippen LogP contribution in [0.1, 0.15) is 79.4 Å². The van der Waals surface area contributed by atoms with Gasteiger partial charge in [0.25, 0.3) is 0 Å². The van der Waals surface area contributed by atoms with E-state index in [1.54, 1.807) is 14.2 Å². The lowest BCUT2D eigenvalue weighted by Crippen LogP contribution is -2.30. The predicted octanol–water partition coefficient (Wildman–Crippen LogP) is 6.94. The highest BCUT2D eigenvalue weighted by Gasteiger charge is 2.33. The van der Waals surface area contributed by atoms with Gasteiger partial charge in [-0.15, -0.1) is 0 Å². The zero-order chi connectivity index (χ0) is 25.0. The van der Waals surface area contributed by atoms with Gasteiger partial charge in [0.1, 0.15) is 5.60 Å². The molecule has 0 saturated carbocycles. The Morgan fingerprint density at radius 2 is 1.18 bits per heavy atom. The van der Waals surface area contributed by atoms with Gasteiger partial charge >= 0.3 is 5.97 Å². The van der Waals surface area contributed by atoms with Gasteiger partial charge < -0.3 is 18.9 Å². The molecule has 0 aliphatic rings. The molecule has 0 fully saturated rings. The number of hydrogen-bond acceptors (Lipinski definition) is 5. The van der Waals surface area contributed by atoms with Crippen molar-refractivity contribution in [2.24, 2.45) is 5.41 Å². The first kappa shape index (κ1) is 26.6. The second kappa shape index (κ2) is 10.1. The Balaban J connectivity index is 2.41. The first-order chi connectivity index (χ1) is 15.3. The number of benzene rings is 2. The fourth-order valence-corrected chi connectivity index (χ4v) is 3.54. The van der Waals surface area contributed by atoms with Gasteiger partial charge in [0.15, 0.2) is 23.0 Å². The molecule has 0 radical (unpaired) electrons. The van der Waals surface area contributed by atoms with E-state index in [-0.39, 0.29) is 17.0 Å². The standard InChI is InChI=1S/C28H40O5/c1-11-28(8,12-2)25(29)32-21-15-13-19(17-23(21)30-9)27(6,7)20-14-16-22(24(18-20)31-10)33-26(3,4)5/h13-18H,11-12H2,1-10H3. The fourth-order valence-electron chi connectivity index (χ4n) is 3.54. The highest BCUT2D eigenvalue weighted by atomic mass is 16.6. The van der Waals surface area contributed by atoms with Crippen LogP contribution in [0.5, 0.6) is 23.0 Å². The normalized spacial score (nSPS) is 12.3. The molecule has 0 bridgehead atoms. The van der Waals surface area contributed by atoms with Crippen molar-refractivity contribution in [2.45, 2.75) is 79.2 Å².